The molecule has 0 bridgehead atoms. The van der Waals surface area contributed by atoms with Gasteiger partial charge in [0.15, 0.2) is 0 Å². The van der Waals surface area contributed by atoms with E-state index in [0.29, 0.717) is 10.9 Å². The minimum atomic E-state index is -0.307. The summed E-state index contributed by atoms with van der Waals surface area (Å²) < 4.78 is 13.3. The van der Waals surface area contributed by atoms with Gasteiger partial charge >= 0.3 is 0 Å². The lowest BCUT2D eigenvalue weighted by Gasteiger charge is -1.95. The van der Waals surface area contributed by atoms with Gasteiger partial charge in [-0.3, -0.25) is 0 Å². The molecule has 1 aromatic rings. The zero-order chi connectivity index (χ0) is 8.97. The van der Waals surface area contributed by atoms with Crippen LogP contribution in [0.25, 0.3) is 5.53 Å². The monoisotopic (exact) mass is 228 g/mol. The van der Waals surface area contributed by atoms with Crippen molar-refractivity contribution in [3.8, 4) is 0 Å². The highest BCUT2D eigenvalue weighted by atomic mass is 79.9. The van der Waals surface area contributed by atoms with Crippen molar-refractivity contribution in [2.45, 2.75) is 6.42 Å². The Kier molecular flexibility index (Phi) is 3.14. The summed E-state index contributed by atoms with van der Waals surface area (Å²) in [6.45, 7) is 0. The highest BCUT2D eigenvalue weighted by molar-refractivity contribution is 9.10. The molecule has 0 radical (unpaired) electrons. The van der Waals surface area contributed by atoms with Crippen molar-refractivity contribution in [2.75, 3.05) is 0 Å². The molecule has 0 atom stereocenters. The molecule has 0 unspecified atom stereocenters. The first-order valence-electron chi connectivity index (χ1n) is 3.34. The van der Waals surface area contributed by atoms with E-state index in [4.69, 9.17) is 5.53 Å². The molecule has 0 saturated heterocycles. The molecule has 2 nitrogen and oxygen atoms in total. The van der Waals surface area contributed by atoms with Crippen molar-refractivity contribution in [1.29, 1.82) is 0 Å². The standard InChI is InChI=1S/C8H6BrFN2/c9-7-2-1-6(3-4-12-11)5-8(7)10/h1-2,4-5H,3H2. The lowest BCUT2D eigenvalue weighted by Crippen LogP contribution is -1.88. The number of nitrogens with zero attached hydrogens (tertiary/aromatic N) is 2. The van der Waals surface area contributed by atoms with Crippen molar-refractivity contribution >= 4 is 22.1 Å². The van der Waals surface area contributed by atoms with Crippen molar-refractivity contribution in [3.05, 3.63) is 39.6 Å². The highest BCUT2D eigenvalue weighted by Gasteiger charge is 2.00. The zero-order valence-electron chi connectivity index (χ0n) is 6.17. The van der Waals surface area contributed by atoms with Crippen LogP contribution in [0, 0.1) is 5.82 Å². The van der Waals surface area contributed by atoms with E-state index in [2.05, 4.69) is 20.7 Å². The fourth-order valence-corrected chi connectivity index (χ4v) is 1.06. The molecule has 1 aromatic carbocycles. The molecule has 0 aliphatic carbocycles. The fraction of sp³-hybridized carbons (Fsp3) is 0.125. The normalized spacial score (nSPS) is 9.17. The molecule has 0 heterocycles. The fourth-order valence-electron chi connectivity index (χ4n) is 0.813. The zero-order valence-corrected chi connectivity index (χ0v) is 7.75. The lowest BCUT2D eigenvalue weighted by atomic mass is 10.2. The smallest absolute Gasteiger partial charge is 0.261 e. The second-order valence-electron chi connectivity index (χ2n) is 2.25. The van der Waals surface area contributed by atoms with Gasteiger partial charge in [-0.1, -0.05) is 6.07 Å². The molecule has 0 spiro atoms. The van der Waals surface area contributed by atoms with Crippen molar-refractivity contribution in [1.82, 2.24) is 0 Å². The number of benzene rings is 1. The summed E-state index contributed by atoms with van der Waals surface area (Å²) in [5.41, 5.74) is 8.89. The van der Waals surface area contributed by atoms with Gasteiger partial charge in [-0.15, -0.1) is 0 Å². The van der Waals surface area contributed by atoms with E-state index >= 15 is 0 Å². The van der Waals surface area contributed by atoms with Crippen LogP contribution in [0.3, 0.4) is 0 Å². The first kappa shape index (κ1) is 9.10. The molecule has 0 fully saturated rings. The van der Waals surface area contributed by atoms with E-state index in [-0.39, 0.29) is 5.82 Å². The molecule has 0 N–H and O–H groups in total. The molecule has 12 heavy (non-hydrogen) atoms. The summed E-state index contributed by atoms with van der Waals surface area (Å²) >= 11 is 3.04. The molecular formula is C8H6BrFN2. The third kappa shape index (κ3) is 2.26. The Morgan fingerprint density at radius 2 is 2.33 bits per heavy atom. The molecule has 4 heteroatoms. The highest BCUT2D eigenvalue weighted by Crippen LogP contribution is 2.16. The van der Waals surface area contributed by atoms with Crippen LogP contribution in [0.1, 0.15) is 5.56 Å². The molecule has 0 aromatic heterocycles. The van der Waals surface area contributed by atoms with Gasteiger partial charge in [-0.05, 0) is 33.6 Å². The quantitative estimate of drug-likeness (QED) is 0.424. The summed E-state index contributed by atoms with van der Waals surface area (Å²) in [7, 11) is 0. The van der Waals surface area contributed by atoms with Crippen molar-refractivity contribution < 1.29 is 9.18 Å². The van der Waals surface area contributed by atoms with Crippen molar-refractivity contribution in [3.63, 3.8) is 0 Å². The summed E-state index contributed by atoms with van der Waals surface area (Å²) in [4.78, 5) is 2.82. The van der Waals surface area contributed by atoms with Crippen LogP contribution in [-0.2, 0) is 6.42 Å². The molecule has 0 aliphatic rings. The Labute approximate surface area is 77.8 Å². The van der Waals surface area contributed by atoms with Gasteiger partial charge in [-0.2, -0.15) is 4.79 Å². The predicted octanol–water partition coefficient (Wildman–Crippen LogP) is 2.43. The Morgan fingerprint density at radius 1 is 1.58 bits per heavy atom. The summed E-state index contributed by atoms with van der Waals surface area (Å²) in [5.74, 6) is -0.307. The van der Waals surface area contributed by atoms with Gasteiger partial charge in [0, 0.05) is 0 Å². The van der Waals surface area contributed by atoms with Gasteiger partial charge in [0.2, 0.25) is 0 Å². The first-order valence-corrected chi connectivity index (χ1v) is 4.13. The van der Waals surface area contributed by atoms with Crippen molar-refractivity contribution in [2.24, 2.45) is 0 Å². The SMILES string of the molecule is [N-]=[N+]=CCc1ccc(Br)c(F)c1. The molecule has 1 rings (SSSR count). The van der Waals surface area contributed by atoms with Crippen LogP contribution in [0.2, 0.25) is 0 Å². The van der Waals surface area contributed by atoms with Gasteiger partial charge in [0.25, 0.3) is 6.21 Å². The number of hydrogen-bond donors (Lipinski definition) is 0. The largest absolute Gasteiger partial charge is 0.362 e. The lowest BCUT2D eigenvalue weighted by molar-refractivity contribution is 0.00157. The minimum Gasteiger partial charge on any atom is -0.362 e. The summed E-state index contributed by atoms with van der Waals surface area (Å²) in [5, 5.41) is 0. The number of hydrogen-bond acceptors (Lipinski definition) is 0. The average Bonchev–Trinajstić information content (AvgIpc) is 2.07. The second kappa shape index (κ2) is 4.14. The molecule has 62 valence electrons. The van der Waals surface area contributed by atoms with Crippen LogP contribution in [0.15, 0.2) is 22.7 Å². The predicted molar refractivity (Wildman–Crippen MR) is 47.5 cm³/mol. The Hall–Kier alpha value is -0.990. The minimum absolute atomic E-state index is 0.307. The van der Waals surface area contributed by atoms with Gasteiger partial charge in [-0.25, -0.2) is 4.39 Å². The maximum atomic E-state index is 12.9. The van der Waals surface area contributed by atoms with E-state index in [1.807, 2.05) is 0 Å². The maximum absolute atomic E-state index is 12.9. The maximum Gasteiger partial charge on any atom is 0.261 e. The van der Waals surface area contributed by atoms with E-state index in [1.54, 1.807) is 12.1 Å². The molecule has 0 amide bonds. The van der Waals surface area contributed by atoms with Crippen LogP contribution in [0.5, 0.6) is 0 Å². The van der Waals surface area contributed by atoms with E-state index in [9.17, 15) is 4.39 Å². The molecule has 0 saturated carbocycles. The average molecular weight is 229 g/mol. The van der Waals surface area contributed by atoms with Gasteiger partial charge < -0.3 is 5.53 Å². The van der Waals surface area contributed by atoms with Crippen LogP contribution < -0.4 is 0 Å². The molecular weight excluding hydrogens is 223 g/mol. The Balaban J connectivity index is 2.89. The second-order valence-corrected chi connectivity index (χ2v) is 3.10. The number of halogens is 2. The third-order valence-electron chi connectivity index (χ3n) is 1.39. The molecule has 0 aliphatic heterocycles. The first-order chi connectivity index (χ1) is 5.74. The third-order valence-corrected chi connectivity index (χ3v) is 2.04. The summed E-state index contributed by atoms with van der Waals surface area (Å²) in [6, 6.07) is 4.77. The van der Waals surface area contributed by atoms with E-state index in [1.165, 1.54) is 12.3 Å². The van der Waals surface area contributed by atoms with E-state index < -0.39 is 0 Å². The van der Waals surface area contributed by atoms with Crippen LogP contribution >= 0.6 is 15.9 Å². The van der Waals surface area contributed by atoms with Crippen LogP contribution in [0.4, 0.5) is 4.39 Å². The van der Waals surface area contributed by atoms with E-state index in [0.717, 1.165) is 5.56 Å². The number of rotatable bonds is 2. The topological polar surface area (TPSA) is 36.4 Å². The Morgan fingerprint density at radius 3 is 2.92 bits per heavy atom. The van der Waals surface area contributed by atoms with Gasteiger partial charge in [0.05, 0.1) is 10.9 Å². The summed E-state index contributed by atoms with van der Waals surface area (Å²) in [6.07, 6.45) is 1.74. The Bertz CT molecular complexity index is 332. The van der Waals surface area contributed by atoms with Crippen LogP contribution in [-0.4, -0.2) is 11.0 Å². The van der Waals surface area contributed by atoms with Gasteiger partial charge in [0.1, 0.15) is 5.82 Å².